The summed E-state index contributed by atoms with van der Waals surface area (Å²) >= 11 is 0. The fourth-order valence-corrected chi connectivity index (χ4v) is 3.15. The molecule has 3 rings (SSSR count). The molecule has 0 spiro atoms. The number of aromatic nitrogens is 2. The number of hydrogen-bond acceptors (Lipinski definition) is 5. The Hall–Kier alpha value is -2.47. The Morgan fingerprint density at radius 2 is 2.00 bits per heavy atom. The summed E-state index contributed by atoms with van der Waals surface area (Å²) < 4.78 is 0. The highest BCUT2D eigenvalue weighted by molar-refractivity contribution is 5.79. The van der Waals surface area contributed by atoms with Crippen LogP contribution in [-0.2, 0) is 11.2 Å². The fraction of sp³-hybridized carbons (Fsp3) is 0.421. The monoisotopic (exact) mass is 340 g/mol. The topological polar surface area (TPSA) is 78.4 Å². The van der Waals surface area contributed by atoms with Gasteiger partial charge in [-0.3, -0.25) is 9.78 Å². The van der Waals surface area contributed by atoms with Gasteiger partial charge < -0.3 is 15.3 Å². The molecule has 0 radical (unpaired) electrons. The molecule has 0 saturated carbocycles. The van der Waals surface area contributed by atoms with Crippen LogP contribution < -0.4 is 10.2 Å². The number of aliphatic hydroxyl groups is 1. The van der Waals surface area contributed by atoms with Gasteiger partial charge in [-0.2, -0.15) is 0 Å². The minimum atomic E-state index is -0.564. The van der Waals surface area contributed by atoms with E-state index in [2.05, 4.69) is 20.2 Å². The summed E-state index contributed by atoms with van der Waals surface area (Å²) in [6.07, 6.45) is 6.65. The number of anilines is 1. The summed E-state index contributed by atoms with van der Waals surface area (Å²) in [4.78, 5) is 22.9. The van der Waals surface area contributed by atoms with Gasteiger partial charge in [-0.1, -0.05) is 30.3 Å². The van der Waals surface area contributed by atoms with Gasteiger partial charge in [0.25, 0.3) is 0 Å². The number of nitrogens with one attached hydrogen (secondary N) is 1. The van der Waals surface area contributed by atoms with E-state index in [9.17, 15) is 9.90 Å². The lowest BCUT2D eigenvalue weighted by Crippen LogP contribution is -2.43. The number of nitrogens with zero attached hydrogens (tertiary/aromatic N) is 3. The Bertz CT molecular complexity index is 658. The average molecular weight is 340 g/mol. The second-order valence-corrected chi connectivity index (χ2v) is 6.41. The highest BCUT2D eigenvalue weighted by Gasteiger charge is 2.25. The normalized spacial score (nSPS) is 16.4. The summed E-state index contributed by atoms with van der Waals surface area (Å²) in [5.41, 5.74) is 1.07. The number of aliphatic hydroxyl groups excluding tert-OH is 1. The maximum Gasteiger partial charge on any atom is 0.223 e. The molecule has 0 bridgehead atoms. The quantitative estimate of drug-likeness (QED) is 0.831. The van der Waals surface area contributed by atoms with Crippen LogP contribution in [0.2, 0.25) is 0 Å². The van der Waals surface area contributed by atoms with Gasteiger partial charge in [0.15, 0.2) is 0 Å². The molecule has 2 N–H and O–H groups in total. The van der Waals surface area contributed by atoms with E-state index in [0.717, 1.165) is 37.3 Å². The Labute approximate surface area is 147 Å². The van der Waals surface area contributed by atoms with Gasteiger partial charge in [-0.05, 0) is 18.4 Å². The fourth-order valence-electron chi connectivity index (χ4n) is 3.15. The van der Waals surface area contributed by atoms with Crippen LogP contribution in [0.4, 0.5) is 5.82 Å². The molecular formula is C19H24N4O2. The molecule has 1 atom stereocenters. The first-order chi connectivity index (χ1) is 12.2. The van der Waals surface area contributed by atoms with Gasteiger partial charge in [-0.15, -0.1) is 0 Å². The van der Waals surface area contributed by atoms with Crippen LogP contribution in [0, 0.1) is 5.92 Å². The molecule has 0 unspecified atom stereocenters. The van der Waals surface area contributed by atoms with Gasteiger partial charge in [0, 0.05) is 44.4 Å². The number of benzene rings is 1. The maximum absolute atomic E-state index is 12.3. The van der Waals surface area contributed by atoms with Crippen molar-refractivity contribution in [2.45, 2.75) is 25.4 Å². The average Bonchev–Trinajstić information content (AvgIpc) is 2.68. The minimum absolute atomic E-state index is 0.00292. The summed E-state index contributed by atoms with van der Waals surface area (Å²) in [6.45, 7) is 1.88. The molecule has 1 aliphatic heterocycles. The Morgan fingerprint density at radius 3 is 2.68 bits per heavy atom. The van der Waals surface area contributed by atoms with Crippen molar-refractivity contribution in [1.29, 1.82) is 0 Å². The summed E-state index contributed by atoms with van der Waals surface area (Å²) in [7, 11) is 0. The Balaban J connectivity index is 1.40. The minimum Gasteiger partial charge on any atom is -0.391 e. The molecule has 1 aromatic carbocycles. The molecule has 2 aromatic rings. The first-order valence-corrected chi connectivity index (χ1v) is 8.73. The standard InChI is InChI=1S/C19H24N4O2/c24-17(12-15-4-2-1-3-5-15)13-22-19(25)16-6-10-23(11-7-16)18-14-20-8-9-21-18/h1-5,8-9,14,16-17,24H,6-7,10-13H2,(H,22,25)/t17-/m0/s1. The first-order valence-electron chi connectivity index (χ1n) is 8.73. The number of rotatable bonds is 6. The van der Waals surface area contributed by atoms with Crippen LogP contribution >= 0.6 is 0 Å². The Kier molecular flexibility index (Phi) is 5.95. The van der Waals surface area contributed by atoms with Crippen molar-refractivity contribution in [1.82, 2.24) is 15.3 Å². The van der Waals surface area contributed by atoms with E-state index in [0.29, 0.717) is 6.42 Å². The molecule has 6 heteroatoms. The van der Waals surface area contributed by atoms with Gasteiger partial charge in [0.2, 0.25) is 5.91 Å². The number of carbonyl (C=O) groups is 1. The number of hydrogen-bond donors (Lipinski definition) is 2. The molecule has 2 heterocycles. The zero-order valence-corrected chi connectivity index (χ0v) is 14.2. The number of amides is 1. The molecule has 0 aliphatic carbocycles. The van der Waals surface area contributed by atoms with Gasteiger partial charge in [0.1, 0.15) is 5.82 Å². The zero-order chi connectivity index (χ0) is 17.5. The van der Waals surface area contributed by atoms with Crippen molar-refractivity contribution in [3.8, 4) is 0 Å². The van der Waals surface area contributed by atoms with E-state index in [1.54, 1.807) is 18.6 Å². The third-order valence-corrected chi connectivity index (χ3v) is 4.57. The smallest absolute Gasteiger partial charge is 0.223 e. The number of carbonyl (C=O) groups excluding carboxylic acids is 1. The third kappa shape index (κ3) is 5.00. The second kappa shape index (κ2) is 8.58. The van der Waals surface area contributed by atoms with Crippen LogP contribution in [-0.4, -0.2) is 46.7 Å². The lowest BCUT2D eigenvalue weighted by molar-refractivity contribution is -0.126. The SMILES string of the molecule is O=C(NC[C@@H](O)Cc1ccccc1)C1CCN(c2cnccn2)CC1. The van der Waals surface area contributed by atoms with E-state index < -0.39 is 6.10 Å². The molecule has 1 saturated heterocycles. The van der Waals surface area contributed by atoms with Crippen LogP contribution in [0.3, 0.4) is 0 Å². The van der Waals surface area contributed by atoms with E-state index in [1.807, 2.05) is 30.3 Å². The van der Waals surface area contributed by atoms with Crippen molar-refractivity contribution in [2.75, 3.05) is 24.5 Å². The van der Waals surface area contributed by atoms with Crippen LogP contribution in [0.1, 0.15) is 18.4 Å². The van der Waals surface area contributed by atoms with E-state index in [4.69, 9.17) is 0 Å². The Morgan fingerprint density at radius 1 is 1.24 bits per heavy atom. The van der Waals surface area contributed by atoms with Gasteiger partial charge in [0.05, 0.1) is 12.3 Å². The largest absolute Gasteiger partial charge is 0.391 e. The number of piperidine rings is 1. The lowest BCUT2D eigenvalue weighted by atomic mass is 9.96. The van der Waals surface area contributed by atoms with Crippen LogP contribution in [0.15, 0.2) is 48.9 Å². The van der Waals surface area contributed by atoms with E-state index >= 15 is 0 Å². The molecule has 1 aromatic heterocycles. The van der Waals surface area contributed by atoms with E-state index in [-0.39, 0.29) is 18.4 Å². The van der Waals surface area contributed by atoms with Gasteiger partial charge >= 0.3 is 0 Å². The summed E-state index contributed by atoms with van der Waals surface area (Å²) in [5, 5.41) is 13.0. The predicted molar refractivity (Wildman–Crippen MR) is 96.1 cm³/mol. The molecule has 25 heavy (non-hydrogen) atoms. The van der Waals surface area contributed by atoms with Crippen molar-refractivity contribution in [3.63, 3.8) is 0 Å². The summed E-state index contributed by atoms with van der Waals surface area (Å²) in [6, 6.07) is 9.81. The second-order valence-electron chi connectivity index (χ2n) is 6.41. The van der Waals surface area contributed by atoms with E-state index in [1.165, 1.54) is 0 Å². The molecular weight excluding hydrogens is 316 g/mol. The van der Waals surface area contributed by atoms with Crippen molar-refractivity contribution >= 4 is 11.7 Å². The van der Waals surface area contributed by atoms with Crippen molar-refractivity contribution in [2.24, 2.45) is 5.92 Å². The zero-order valence-electron chi connectivity index (χ0n) is 14.2. The lowest BCUT2D eigenvalue weighted by Gasteiger charge is -2.32. The van der Waals surface area contributed by atoms with Crippen LogP contribution in [0.25, 0.3) is 0 Å². The van der Waals surface area contributed by atoms with Crippen molar-refractivity contribution in [3.05, 3.63) is 54.5 Å². The predicted octanol–water partition coefficient (Wildman–Crippen LogP) is 1.41. The highest BCUT2D eigenvalue weighted by atomic mass is 16.3. The third-order valence-electron chi connectivity index (χ3n) is 4.57. The molecule has 132 valence electrons. The molecule has 6 nitrogen and oxygen atoms in total. The molecule has 1 fully saturated rings. The first kappa shape index (κ1) is 17.4. The molecule has 1 aliphatic rings. The highest BCUT2D eigenvalue weighted by Crippen LogP contribution is 2.21. The molecule has 1 amide bonds. The van der Waals surface area contributed by atoms with Gasteiger partial charge in [-0.25, -0.2) is 4.98 Å². The van der Waals surface area contributed by atoms with Crippen LogP contribution in [0.5, 0.6) is 0 Å². The van der Waals surface area contributed by atoms with Crippen molar-refractivity contribution < 1.29 is 9.90 Å². The maximum atomic E-state index is 12.3. The summed E-state index contributed by atoms with van der Waals surface area (Å²) in [5.74, 6) is 0.891.